The van der Waals surface area contributed by atoms with Crippen LogP contribution in [-0.4, -0.2) is 97.8 Å². The fourth-order valence-electron chi connectivity index (χ4n) is 9.36. The minimum atomic E-state index is -1.27. The van der Waals surface area contributed by atoms with Crippen LogP contribution in [0.15, 0.2) is 79.0 Å². The molecule has 9 rings (SSSR count). The molecule has 3 aliphatic heterocycles. The van der Waals surface area contributed by atoms with E-state index in [1.54, 1.807) is 40.3 Å². The maximum Gasteiger partial charge on any atom is 0.407 e. The summed E-state index contributed by atoms with van der Waals surface area (Å²) in [4.78, 5) is 72.0. The largest absolute Gasteiger partial charge is 0.488 e. The molecule has 16 nitrogen and oxygen atoms in total. The molecule has 2 fully saturated rings. The molecule has 4 amide bonds. The van der Waals surface area contributed by atoms with Crippen molar-refractivity contribution in [1.82, 2.24) is 40.4 Å². The molecular formula is C47H50N8O8. The second kappa shape index (κ2) is 17.1. The number of benzene rings is 4. The van der Waals surface area contributed by atoms with Gasteiger partial charge in [0.2, 0.25) is 5.91 Å². The number of hydrogen-bond donors (Lipinski definition) is 5. The number of nitrogens with zero attached hydrogens (tertiary/aromatic N) is 4. The molecule has 0 saturated carbocycles. The van der Waals surface area contributed by atoms with Crippen LogP contribution in [0.2, 0.25) is 0 Å². The van der Waals surface area contributed by atoms with Crippen molar-refractivity contribution in [3.8, 4) is 28.1 Å². The van der Waals surface area contributed by atoms with E-state index >= 15 is 0 Å². The number of rotatable bonds is 11. The van der Waals surface area contributed by atoms with Crippen molar-refractivity contribution in [1.29, 1.82) is 0 Å². The van der Waals surface area contributed by atoms with Gasteiger partial charge in [0.05, 0.1) is 48.2 Å². The standard InChI is InChI=1S/C47H50N8O8/c1-5-62-30-20-37(55(23-30)44(56)39(25(2)3)53-47(60)61-4)43-49-34-16-14-27-19-33-31-15-13-28(18-29(31)24-63-38(33)21-32(27)41(34)51-43)35-22-48-42(50-35)36-12-9-17-54(36)45(57)40(52-46(58)59)26-10-7-6-8-11-26/h6-8,10-11,13-16,18-19,21-22,25,30,36-37,39-40,52H,5,9,12,17,20,23-24H2,1-4H3,(H,48,50)(H,49,51)(H,53,60)(H,58,59)/t30-,36-,37-,39-,40+/m0/s1. The summed E-state index contributed by atoms with van der Waals surface area (Å²) in [5.41, 5.74) is 6.93. The van der Waals surface area contributed by atoms with Crippen molar-refractivity contribution in [2.75, 3.05) is 26.8 Å². The van der Waals surface area contributed by atoms with E-state index in [4.69, 9.17) is 24.2 Å². The molecule has 0 bridgehead atoms. The lowest BCUT2D eigenvalue weighted by Crippen LogP contribution is -2.51. The Bertz CT molecular complexity index is 2710. The summed E-state index contributed by atoms with van der Waals surface area (Å²) in [6, 6.07) is 20.8. The molecule has 2 saturated heterocycles. The number of carbonyl (C=O) groups is 4. The Kier molecular flexibility index (Phi) is 11.2. The van der Waals surface area contributed by atoms with Gasteiger partial charge in [-0.1, -0.05) is 62.4 Å². The molecule has 2 aromatic heterocycles. The number of nitrogens with one attached hydrogen (secondary N) is 4. The van der Waals surface area contributed by atoms with Gasteiger partial charge in [0.15, 0.2) is 0 Å². The average Bonchev–Trinajstić information content (AvgIpc) is 4.13. The first-order chi connectivity index (χ1) is 30.5. The van der Waals surface area contributed by atoms with Gasteiger partial charge >= 0.3 is 12.2 Å². The van der Waals surface area contributed by atoms with Crippen molar-refractivity contribution in [3.63, 3.8) is 0 Å². The first-order valence-electron chi connectivity index (χ1n) is 21.4. The first kappa shape index (κ1) is 41.4. The molecule has 326 valence electrons. The number of H-pyrrole nitrogens is 2. The van der Waals surface area contributed by atoms with Gasteiger partial charge in [0.25, 0.3) is 5.91 Å². The Morgan fingerprint density at radius 1 is 0.937 bits per heavy atom. The van der Waals surface area contributed by atoms with Crippen molar-refractivity contribution >= 4 is 45.8 Å². The van der Waals surface area contributed by atoms with Crippen LogP contribution >= 0.6 is 0 Å². The Morgan fingerprint density at radius 2 is 1.76 bits per heavy atom. The summed E-state index contributed by atoms with van der Waals surface area (Å²) >= 11 is 0. The maximum absolute atomic E-state index is 14.0. The molecule has 0 unspecified atom stereocenters. The Labute approximate surface area is 363 Å². The zero-order valence-corrected chi connectivity index (χ0v) is 35.5. The van der Waals surface area contributed by atoms with Gasteiger partial charge in [-0.05, 0) is 77.6 Å². The van der Waals surface area contributed by atoms with Crippen molar-refractivity contribution in [2.45, 2.75) is 76.9 Å². The molecular weight excluding hydrogens is 805 g/mol. The number of carbonyl (C=O) groups excluding carboxylic acids is 3. The monoisotopic (exact) mass is 854 g/mol. The second-order valence-electron chi connectivity index (χ2n) is 16.7. The number of likely N-dealkylation sites (tertiary alicyclic amines) is 2. The fourth-order valence-corrected chi connectivity index (χ4v) is 9.36. The number of alkyl carbamates (subject to hydrolysis) is 1. The van der Waals surface area contributed by atoms with E-state index < -0.39 is 30.3 Å². The molecule has 0 spiro atoms. The minimum absolute atomic E-state index is 0.179. The quantitative estimate of drug-likeness (QED) is 0.0874. The summed E-state index contributed by atoms with van der Waals surface area (Å²) < 4.78 is 17.3. The number of fused-ring (bicyclic) bond motifs is 6. The normalized spacial score (nSPS) is 19.1. The van der Waals surface area contributed by atoms with Crippen LogP contribution in [0.3, 0.4) is 0 Å². The third-order valence-electron chi connectivity index (χ3n) is 12.4. The first-order valence-corrected chi connectivity index (χ1v) is 21.4. The van der Waals surface area contributed by atoms with Crippen molar-refractivity contribution < 1.29 is 38.5 Å². The number of imidazole rings is 2. The van der Waals surface area contributed by atoms with Gasteiger partial charge in [-0.2, -0.15) is 0 Å². The van der Waals surface area contributed by atoms with Gasteiger partial charge in [0, 0.05) is 37.1 Å². The molecule has 0 aliphatic carbocycles. The van der Waals surface area contributed by atoms with E-state index in [2.05, 4.69) is 38.8 Å². The van der Waals surface area contributed by atoms with E-state index in [0.717, 1.165) is 61.9 Å². The number of amides is 4. The Morgan fingerprint density at radius 3 is 2.52 bits per heavy atom. The lowest BCUT2D eigenvalue weighted by atomic mass is 9.92. The Hall–Kier alpha value is -6.94. The van der Waals surface area contributed by atoms with E-state index in [1.807, 2.05) is 51.1 Å². The molecule has 0 radical (unpaired) electrons. The highest BCUT2D eigenvalue weighted by atomic mass is 16.5. The highest BCUT2D eigenvalue weighted by molar-refractivity contribution is 6.07. The zero-order chi connectivity index (χ0) is 43.9. The fraction of sp³-hybridized carbons (Fsp3) is 0.362. The van der Waals surface area contributed by atoms with Crippen LogP contribution in [0.5, 0.6) is 5.75 Å². The van der Waals surface area contributed by atoms with E-state index in [1.165, 1.54) is 7.11 Å². The van der Waals surface area contributed by atoms with Gasteiger partial charge in [-0.25, -0.2) is 19.6 Å². The molecule has 16 heteroatoms. The smallest absolute Gasteiger partial charge is 0.407 e. The SMILES string of the molecule is CCO[C@H]1C[C@@H](c2nc3ccc4cc5c(cc4c3[nH]2)OCc2cc(-c3cnc([C@@H]4CCCN4C(=O)[C@H](NC(=O)O)c4ccccc4)[nH]3)ccc2-5)N(C(=O)[C@@H](NC(=O)OC)C(C)C)C1. The topological polar surface area (TPSA) is 204 Å². The van der Waals surface area contributed by atoms with E-state index in [9.17, 15) is 24.3 Å². The number of ether oxygens (including phenoxy) is 3. The minimum Gasteiger partial charge on any atom is -0.488 e. The van der Waals surface area contributed by atoms with E-state index in [-0.39, 0.29) is 29.9 Å². The van der Waals surface area contributed by atoms with Gasteiger partial charge in [-0.15, -0.1) is 0 Å². The van der Waals surface area contributed by atoms with Crippen LogP contribution in [0.25, 0.3) is 44.2 Å². The lowest BCUT2D eigenvalue weighted by molar-refractivity contribution is -0.136. The zero-order valence-electron chi connectivity index (χ0n) is 35.5. The third kappa shape index (κ3) is 7.90. The van der Waals surface area contributed by atoms with Crippen LogP contribution in [0.1, 0.15) is 80.9 Å². The van der Waals surface area contributed by atoms with Gasteiger partial charge in [0.1, 0.15) is 36.1 Å². The van der Waals surface area contributed by atoms with Gasteiger partial charge in [-0.3, -0.25) is 9.59 Å². The van der Waals surface area contributed by atoms with Crippen molar-refractivity contribution in [2.24, 2.45) is 5.92 Å². The number of aromatic nitrogens is 4. The number of aromatic amines is 2. The molecule has 5 heterocycles. The number of hydrogen-bond acceptors (Lipinski definition) is 9. The highest BCUT2D eigenvalue weighted by Gasteiger charge is 2.42. The predicted octanol–water partition coefficient (Wildman–Crippen LogP) is 7.40. The molecule has 5 atom stereocenters. The molecule has 63 heavy (non-hydrogen) atoms. The number of carboxylic acid groups (broad SMARTS) is 1. The summed E-state index contributed by atoms with van der Waals surface area (Å²) in [6.45, 7) is 7.43. The molecule has 4 aromatic carbocycles. The maximum atomic E-state index is 14.0. The van der Waals surface area contributed by atoms with Crippen LogP contribution in [-0.2, 0) is 25.7 Å². The molecule has 5 N–H and O–H groups in total. The summed E-state index contributed by atoms with van der Waals surface area (Å²) in [5.74, 6) is 1.32. The summed E-state index contributed by atoms with van der Waals surface area (Å²) in [5, 5.41) is 16.6. The van der Waals surface area contributed by atoms with Crippen LogP contribution in [0.4, 0.5) is 9.59 Å². The van der Waals surface area contributed by atoms with Gasteiger partial charge < -0.3 is 49.7 Å². The highest BCUT2D eigenvalue weighted by Crippen LogP contribution is 2.44. The lowest BCUT2D eigenvalue weighted by Gasteiger charge is -2.29. The third-order valence-corrected chi connectivity index (χ3v) is 12.4. The summed E-state index contributed by atoms with van der Waals surface area (Å²) in [6.07, 6.45) is 1.68. The summed E-state index contributed by atoms with van der Waals surface area (Å²) in [7, 11) is 1.28. The Balaban J connectivity index is 0.969. The van der Waals surface area contributed by atoms with Crippen molar-refractivity contribution in [3.05, 3.63) is 102 Å². The number of methoxy groups -OCH3 is 1. The molecule has 3 aliphatic rings. The average molecular weight is 855 g/mol. The van der Waals surface area contributed by atoms with Crippen LogP contribution in [0, 0.1) is 5.92 Å². The molecule has 6 aromatic rings. The predicted molar refractivity (Wildman–Crippen MR) is 234 cm³/mol. The second-order valence-corrected chi connectivity index (χ2v) is 16.7. The van der Waals surface area contributed by atoms with E-state index in [0.29, 0.717) is 56.4 Å². The van der Waals surface area contributed by atoms with Crippen LogP contribution < -0.4 is 15.4 Å².